The Labute approximate surface area is 140 Å². The highest BCUT2D eigenvalue weighted by molar-refractivity contribution is 9.10. The Hall–Kier alpha value is -0.710. The number of hydrogen-bond acceptors (Lipinski definition) is 3. The molecule has 1 unspecified atom stereocenters. The minimum absolute atomic E-state index is 0.310. The molecular formula is C17H23BrN2S. The lowest BCUT2D eigenvalue weighted by Gasteiger charge is -2.19. The summed E-state index contributed by atoms with van der Waals surface area (Å²) in [6, 6.07) is 6.90. The number of nitrogens with one attached hydrogen (secondary N) is 1. The second kappa shape index (κ2) is 7.52. The predicted molar refractivity (Wildman–Crippen MR) is 95.2 cm³/mol. The molecule has 0 radical (unpaired) electrons. The lowest BCUT2D eigenvalue weighted by atomic mass is 10.0. The molecule has 0 aliphatic rings. The largest absolute Gasteiger partial charge is 0.310 e. The number of benzene rings is 1. The van der Waals surface area contributed by atoms with Crippen molar-refractivity contribution in [1.29, 1.82) is 0 Å². The average molecular weight is 367 g/mol. The number of aromatic nitrogens is 1. The number of halogens is 1. The van der Waals surface area contributed by atoms with E-state index >= 15 is 0 Å². The molecule has 114 valence electrons. The Bertz CT molecular complexity index is 587. The monoisotopic (exact) mass is 366 g/mol. The lowest BCUT2D eigenvalue weighted by molar-refractivity contribution is 0.526. The molecule has 1 aromatic carbocycles. The number of nitrogens with zero attached hydrogens (tertiary/aromatic N) is 1. The minimum Gasteiger partial charge on any atom is -0.310 e. The Morgan fingerprint density at radius 2 is 2.05 bits per heavy atom. The van der Waals surface area contributed by atoms with Gasteiger partial charge in [-0.2, -0.15) is 0 Å². The van der Waals surface area contributed by atoms with E-state index in [4.69, 9.17) is 4.98 Å². The van der Waals surface area contributed by atoms with Crippen molar-refractivity contribution < 1.29 is 0 Å². The first kappa shape index (κ1) is 16.7. The van der Waals surface area contributed by atoms with E-state index in [0.29, 0.717) is 6.04 Å². The summed E-state index contributed by atoms with van der Waals surface area (Å²) in [5.74, 6) is 0. The zero-order valence-electron chi connectivity index (χ0n) is 13.2. The molecule has 1 aromatic heterocycles. The molecule has 1 N–H and O–H groups in total. The number of aryl methyl sites for hydroxylation is 3. The Morgan fingerprint density at radius 3 is 2.62 bits per heavy atom. The van der Waals surface area contributed by atoms with E-state index in [1.807, 2.05) is 11.3 Å². The van der Waals surface area contributed by atoms with Gasteiger partial charge in [-0.15, -0.1) is 11.3 Å². The fourth-order valence-corrected chi connectivity index (χ4v) is 4.08. The molecule has 0 amide bonds. The molecule has 1 heterocycles. The van der Waals surface area contributed by atoms with Crippen molar-refractivity contribution in [3.8, 4) is 0 Å². The van der Waals surface area contributed by atoms with Gasteiger partial charge in [0.25, 0.3) is 0 Å². The Morgan fingerprint density at radius 1 is 1.29 bits per heavy atom. The fourth-order valence-electron chi connectivity index (χ4n) is 2.33. The van der Waals surface area contributed by atoms with Crippen LogP contribution < -0.4 is 5.32 Å². The maximum absolute atomic E-state index is 4.69. The van der Waals surface area contributed by atoms with Crippen LogP contribution in [0.1, 0.15) is 46.1 Å². The summed E-state index contributed by atoms with van der Waals surface area (Å²) in [5, 5.41) is 4.87. The highest BCUT2D eigenvalue weighted by Crippen LogP contribution is 2.29. The average Bonchev–Trinajstić information content (AvgIpc) is 2.74. The van der Waals surface area contributed by atoms with Crippen LogP contribution in [0.2, 0.25) is 0 Å². The third kappa shape index (κ3) is 4.38. The van der Waals surface area contributed by atoms with E-state index in [0.717, 1.165) is 25.1 Å². The van der Waals surface area contributed by atoms with Gasteiger partial charge in [-0.1, -0.05) is 35.0 Å². The van der Waals surface area contributed by atoms with Crippen molar-refractivity contribution in [1.82, 2.24) is 10.3 Å². The predicted octanol–water partition coefficient (Wildman–Crippen LogP) is 5.11. The maximum Gasteiger partial charge on any atom is 0.0949 e. The highest BCUT2D eigenvalue weighted by Gasteiger charge is 2.17. The summed E-state index contributed by atoms with van der Waals surface area (Å²) in [6.07, 6.45) is 2.08. The number of rotatable bonds is 6. The second-order valence-electron chi connectivity index (χ2n) is 5.49. The zero-order chi connectivity index (χ0) is 15.4. The summed E-state index contributed by atoms with van der Waals surface area (Å²) in [4.78, 5) is 6.02. The molecule has 2 nitrogen and oxygen atoms in total. The van der Waals surface area contributed by atoms with Gasteiger partial charge in [0.05, 0.1) is 10.7 Å². The number of hydrogen-bond donors (Lipinski definition) is 1. The lowest BCUT2D eigenvalue weighted by Crippen LogP contribution is -2.24. The molecule has 0 bridgehead atoms. The Kier molecular flexibility index (Phi) is 5.97. The molecule has 0 saturated carbocycles. The van der Waals surface area contributed by atoms with Gasteiger partial charge in [0, 0.05) is 21.8 Å². The van der Waals surface area contributed by atoms with Crippen LogP contribution in [0.3, 0.4) is 0 Å². The van der Waals surface area contributed by atoms with Crippen LogP contribution in [0.5, 0.6) is 0 Å². The molecule has 0 aliphatic carbocycles. The standard InChI is InChI=1S/C17H23BrN2S/c1-5-8-19-16(10-17-20-12(3)13(4)21-17)14-7-6-11(2)9-15(14)18/h6-7,9,16,19H,5,8,10H2,1-4H3. The summed E-state index contributed by atoms with van der Waals surface area (Å²) in [6.45, 7) is 9.58. The van der Waals surface area contributed by atoms with Crippen molar-refractivity contribution in [2.45, 2.75) is 46.6 Å². The summed E-state index contributed by atoms with van der Waals surface area (Å²) >= 11 is 5.53. The van der Waals surface area contributed by atoms with E-state index in [1.165, 1.54) is 25.5 Å². The zero-order valence-corrected chi connectivity index (χ0v) is 15.6. The summed E-state index contributed by atoms with van der Waals surface area (Å²) in [5.41, 5.74) is 3.76. The quantitative estimate of drug-likeness (QED) is 0.767. The Balaban J connectivity index is 2.24. The van der Waals surface area contributed by atoms with Crippen LogP contribution in [-0.2, 0) is 6.42 Å². The molecule has 0 fully saturated rings. The summed E-state index contributed by atoms with van der Waals surface area (Å²) < 4.78 is 1.18. The van der Waals surface area contributed by atoms with Gasteiger partial charge >= 0.3 is 0 Å². The first-order valence-corrected chi connectivity index (χ1v) is 9.04. The van der Waals surface area contributed by atoms with Crippen LogP contribution in [-0.4, -0.2) is 11.5 Å². The molecule has 2 aromatic rings. The second-order valence-corrected chi connectivity index (χ2v) is 7.63. The van der Waals surface area contributed by atoms with Crippen LogP contribution in [0.4, 0.5) is 0 Å². The summed E-state index contributed by atoms with van der Waals surface area (Å²) in [7, 11) is 0. The van der Waals surface area contributed by atoms with Gasteiger partial charge in [-0.25, -0.2) is 4.98 Å². The van der Waals surface area contributed by atoms with Crippen molar-refractivity contribution in [3.05, 3.63) is 49.4 Å². The smallest absolute Gasteiger partial charge is 0.0949 e. The first-order valence-electron chi connectivity index (χ1n) is 7.43. The maximum atomic E-state index is 4.69. The van der Waals surface area contributed by atoms with Crippen LogP contribution >= 0.6 is 27.3 Å². The van der Waals surface area contributed by atoms with Gasteiger partial charge in [0.1, 0.15) is 0 Å². The van der Waals surface area contributed by atoms with Gasteiger partial charge < -0.3 is 5.32 Å². The normalized spacial score (nSPS) is 12.6. The highest BCUT2D eigenvalue weighted by atomic mass is 79.9. The van der Waals surface area contributed by atoms with E-state index in [2.05, 4.69) is 67.1 Å². The topological polar surface area (TPSA) is 24.9 Å². The molecule has 2 rings (SSSR count). The van der Waals surface area contributed by atoms with Gasteiger partial charge in [-0.05, 0) is 50.9 Å². The molecule has 21 heavy (non-hydrogen) atoms. The van der Waals surface area contributed by atoms with E-state index in [1.54, 1.807) is 0 Å². The fraction of sp³-hybridized carbons (Fsp3) is 0.471. The molecule has 0 spiro atoms. The van der Waals surface area contributed by atoms with E-state index in [-0.39, 0.29) is 0 Å². The van der Waals surface area contributed by atoms with Crippen LogP contribution in [0, 0.1) is 20.8 Å². The molecule has 0 saturated heterocycles. The van der Waals surface area contributed by atoms with Crippen LogP contribution in [0.15, 0.2) is 22.7 Å². The SMILES string of the molecule is CCCNC(Cc1nc(C)c(C)s1)c1ccc(C)cc1Br. The molecule has 0 aliphatic heterocycles. The van der Waals surface area contributed by atoms with Gasteiger partial charge in [0.2, 0.25) is 0 Å². The first-order chi connectivity index (χ1) is 10.0. The van der Waals surface area contributed by atoms with Crippen molar-refractivity contribution in [3.63, 3.8) is 0 Å². The minimum atomic E-state index is 0.310. The van der Waals surface area contributed by atoms with Crippen LogP contribution in [0.25, 0.3) is 0 Å². The van der Waals surface area contributed by atoms with Crippen molar-refractivity contribution in [2.24, 2.45) is 0 Å². The van der Waals surface area contributed by atoms with E-state index < -0.39 is 0 Å². The van der Waals surface area contributed by atoms with Crippen molar-refractivity contribution >= 4 is 27.3 Å². The van der Waals surface area contributed by atoms with Gasteiger partial charge in [0.15, 0.2) is 0 Å². The molecule has 4 heteroatoms. The van der Waals surface area contributed by atoms with Gasteiger partial charge in [-0.3, -0.25) is 0 Å². The van der Waals surface area contributed by atoms with Crippen molar-refractivity contribution in [2.75, 3.05) is 6.54 Å². The van der Waals surface area contributed by atoms with E-state index in [9.17, 15) is 0 Å². The third-order valence-corrected chi connectivity index (χ3v) is 5.41. The third-order valence-electron chi connectivity index (χ3n) is 3.62. The number of thiazole rings is 1. The molecule has 1 atom stereocenters. The molecular weight excluding hydrogens is 344 g/mol.